The third-order valence-electron chi connectivity index (χ3n) is 6.61. The number of terminal acetylenes is 3. The quantitative estimate of drug-likeness (QED) is 0.220. The van der Waals surface area contributed by atoms with Crippen LogP contribution in [0.25, 0.3) is 16.8 Å². The van der Waals surface area contributed by atoms with Crippen molar-refractivity contribution < 1.29 is 0 Å². The van der Waals surface area contributed by atoms with E-state index in [0.717, 1.165) is 44.8 Å². The molecule has 6 heterocycles. The summed E-state index contributed by atoms with van der Waals surface area (Å²) in [6, 6.07) is 7.97. The Balaban J connectivity index is 0.000000175. The highest BCUT2D eigenvalue weighted by molar-refractivity contribution is 5.53. The van der Waals surface area contributed by atoms with Gasteiger partial charge in [-0.15, -0.1) is 19.3 Å². The lowest BCUT2D eigenvalue weighted by Gasteiger charge is -2.04. The number of fused-ring (bicyclic) bond motifs is 3. The molecule has 0 aliphatic heterocycles. The predicted octanol–water partition coefficient (Wildman–Crippen LogP) is 6.74. The van der Waals surface area contributed by atoms with E-state index in [1.807, 2.05) is 45.8 Å². The molecule has 0 aromatic carbocycles. The molecule has 6 aromatic rings. The van der Waals surface area contributed by atoms with E-state index >= 15 is 0 Å². The van der Waals surface area contributed by atoms with Crippen molar-refractivity contribution >= 4 is 16.8 Å². The summed E-state index contributed by atoms with van der Waals surface area (Å²) in [6.45, 7) is 12.8. The first kappa shape index (κ1) is 32.1. The van der Waals surface area contributed by atoms with Gasteiger partial charge in [0.15, 0.2) is 11.3 Å². The first-order valence-corrected chi connectivity index (χ1v) is 13.7. The molecule has 43 heavy (non-hydrogen) atoms. The molecule has 0 saturated heterocycles. The fraction of sp³-hybridized carbons (Fsp3) is 0.286. The number of rotatable bonds is 3. The van der Waals surface area contributed by atoms with Crippen LogP contribution in [0.1, 0.15) is 100 Å². The largest absolute Gasteiger partial charge is 0.238 e. The average Bonchev–Trinajstić information content (AvgIpc) is 3.73. The van der Waals surface area contributed by atoms with Gasteiger partial charge in [-0.3, -0.25) is 0 Å². The average molecular weight is 571 g/mol. The summed E-state index contributed by atoms with van der Waals surface area (Å²) < 4.78 is 5.49. The molecule has 0 saturated carbocycles. The van der Waals surface area contributed by atoms with Crippen molar-refractivity contribution in [3.8, 4) is 37.0 Å². The Morgan fingerprint density at radius 1 is 0.628 bits per heavy atom. The summed E-state index contributed by atoms with van der Waals surface area (Å²) in [4.78, 5) is 8.54. The van der Waals surface area contributed by atoms with Crippen molar-refractivity contribution in [2.75, 3.05) is 0 Å². The maximum absolute atomic E-state index is 5.31. The van der Waals surface area contributed by atoms with Gasteiger partial charge in [-0.2, -0.15) is 15.3 Å². The summed E-state index contributed by atoms with van der Waals surface area (Å²) in [6.07, 6.45) is 26.5. The first-order chi connectivity index (χ1) is 20.2. The van der Waals surface area contributed by atoms with Crippen LogP contribution in [0.15, 0.2) is 61.4 Å². The Morgan fingerprint density at radius 3 is 1.86 bits per heavy atom. The second-order valence-corrected chi connectivity index (χ2v) is 10.6. The molecule has 0 bridgehead atoms. The Kier molecular flexibility index (Phi) is 10.5. The van der Waals surface area contributed by atoms with Crippen LogP contribution in [0.2, 0.25) is 0 Å². The van der Waals surface area contributed by atoms with Gasteiger partial charge in [0.2, 0.25) is 0 Å². The minimum Gasteiger partial charge on any atom is -0.238 e. The summed E-state index contributed by atoms with van der Waals surface area (Å²) in [5.74, 6) is 8.97. The van der Waals surface area contributed by atoms with Gasteiger partial charge in [0.25, 0.3) is 0 Å². The summed E-state index contributed by atoms with van der Waals surface area (Å²) >= 11 is 0. The van der Waals surface area contributed by atoms with Crippen LogP contribution in [0, 0.1) is 37.0 Å². The van der Waals surface area contributed by atoms with Crippen molar-refractivity contribution in [2.45, 2.75) is 66.7 Å². The molecule has 0 unspecified atom stereocenters. The van der Waals surface area contributed by atoms with Gasteiger partial charge in [-0.25, -0.2) is 23.5 Å². The number of imidazole rings is 1. The first-order valence-electron chi connectivity index (χ1n) is 13.7. The van der Waals surface area contributed by atoms with E-state index in [1.165, 1.54) is 5.69 Å². The van der Waals surface area contributed by atoms with Crippen LogP contribution < -0.4 is 0 Å². The lowest BCUT2D eigenvalue weighted by molar-refractivity contribution is 0.758. The highest BCUT2D eigenvalue weighted by Gasteiger charge is 2.09. The van der Waals surface area contributed by atoms with Crippen molar-refractivity contribution in [1.82, 2.24) is 38.8 Å². The molecule has 8 nitrogen and oxygen atoms in total. The van der Waals surface area contributed by atoms with Gasteiger partial charge in [-0.1, -0.05) is 66.7 Å². The molecular formula is C35H38N8. The van der Waals surface area contributed by atoms with Gasteiger partial charge in [0.1, 0.15) is 0 Å². The molecule has 0 aliphatic rings. The fourth-order valence-corrected chi connectivity index (χ4v) is 4.28. The van der Waals surface area contributed by atoms with Crippen molar-refractivity contribution in [3.05, 3.63) is 95.1 Å². The minimum atomic E-state index is 0. The highest BCUT2D eigenvalue weighted by atomic mass is 15.3. The van der Waals surface area contributed by atoms with Gasteiger partial charge >= 0.3 is 0 Å². The van der Waals surface area contributed by atoms with Crippen molar-refractivity contribution in [1.29, 1.82) is 0 Å². The molecule has 0 spiro atoms. The summed E-state index contributed by atoms with van der Waals surface area (Å²) in [7, 11) is 0. The monoisotopic (exact) mass is 570 g/mol. The Bertz CT molecular complexity index is 1730. The van der Waals surface area contributed by atoms with E-state index in [2.05, 4.69) is 90.6 Å². The van der Waals surface area contributed by atoms with Crippen LogP contribution in [-0.2, 0) is 0 Å². The zero-order chi connectivity index (χ0) is 30.4. The summed E-state index contributed by atoms with van der Waals surface area (Å²) in [5.41, 5.74) is 8.55. The normalized spacial score (nSPS) is 10.5. The number of aromatic nitrogens is 8. The lowest BCUT2D eigenvalue weighted by atomic mass is 10.1. The van der Waals surface area contributed by atoms with Crippen LogP contribution in [0.5, 0.6) is 0 Å². The fourth-order valence-electron chi connectivity index (χ4n) is 4.28. The van der Waals surface area contributed by atoms with E-state index in [4.69, 9.17) is 19.3 Å². The van der Waals surface area contributed by atoms with Gasteiger partial charge < -0.3 is 0 Å². The zero-order valence-corrected chi connectivity index (χ0v) is 24.8. The third kappa shape index (κ3) is 7.10. The zero-order valence-electron chi connectivity index (χ0n) is 24.8. The minimum absolute atomic E-state index is 0. The molecule has 0 aliphatic carbocycles. The number of hydrogen-bond acceptors (Lipinski definition) is 5. The van der Waals surface area contributed by atoms with Crippen molar-refractivity contribution in [3.63, 3.8) is 0 Å². The van der Waals surface area contributed by atoms with E-state index in [-0.39, 0.29) is 7.43 Å². The Hall–Kier alpha value is -5.39. The molecule has 0 atom stereocenters. The van der Waals surface area contributed by atoms with Gasteiger partial charge in [-0.05, 0) is 36.0 Å². The predicted molar refractivity (Wildman–Crippen MR) is 174 cm³/mol. The van der Waals surface area contributed by atoms with E-state index < -0.39 is 0 Å². The molecule has 0 fully saturated rings. The standard InChI is InChI=1S/C12H12N2.2C11H11N3.CH4/c1-4-10-7-11-5-6-12(9(2)3)14(11)13-8-10;1-4-9-5-12-11-10(8(2)3)6-13-14(11)7-9;1-4-9-5-11-12-7-10(8(2)3)14(11)13-6-9;/h1,5-9H,2-3H3;2*1,5-8H,2-3H3;1H4. The highest BCUT2D eigenvalue weighted by Crippen LogP contribution is 2.19. The molecule has 6 aromatic heterocycles. The lowest BCUT2D eigenvalue weighted by Crippen LogP contribution is -1.99. The SMILES string of the molecule is C.C#Cc1cnc2c(C(C)C)cnn2c1.C#Cc1cnn2c(C(C)C)ccc2c1.C#Cc1cnn2c(C(C)C)cnc2c1. The number of hydrogen-bond donors (Lipinski definition) is 0. The molecule has 0 radical (unpaired) electrons. The summed E-state index contributed by atoms with van der Waals surface area (Å²) in [5, 5.41) is 12.8. The molecule has 6 rings (SSSR count). The van der Waals surface area contributed by atoms with Crippen LogP contribution in [0.4, 0.5) is 0 Å². The van der Waals surface area contributed by atoms with Crippen LogP contribution in [0.3, 0.4) is 0 Å². The van der Waals surface area contributed by atoms with E-state index in [1.54, 1.807) is 23.1 Å². The molecule has 0 N–H and O–H groups in total. The molecular weight excluding hydrogens is 532 g/mol. The molecule has 8 heteroatoms. The smallest absolute Gasteiger partial charge is 0.158 e. The second kappa shape index (κ2) is 14.0. The van der Waals surface area contributed by atoms with E-state index in [9.17, 15) is 0 Å². The maximum atomic E-state index is 5.31. The molecule has 0 amide bonds. The van der Waals surface area contributed by atoms with Crippen LogP contribution >= 0.6 is 0 Å². The van der Waals surface area contributed by atoms with Crippen LogP contribution in [-0.4, -0.2) is 38.8 Å². The van der Waals surface area contributed by atoms with E-state index in [0.29, 0.717) is 17.8 Å². The maximum Gasteiger partial charge on any atom is 0.158 e. The number of nitrogens with zero attached hydrogens (tertiary/aromatic N) is 8. The van der Waals surface area contributed by atoms with Gasteiger partial charge in [0.05, 0.1) is 41.6 Å². The second-order valence-electron chi connectivity index (χ2n) is 10.6. The van der Waals surface area contributed by atoms with Gasteiger partial charge in [0, 0.05) is 40.8 Å². The topological polar surface area (TPSA) is 77.7 Å². The Morgan fingerprint density at radius 2 is 1.26 bits per heavy atom. The third-order valence-corrected chi connectivity index (χ3v) is 6.61. The van der Waals surface area contributed by atoms with Crippen molar-refractivity contribution in [2.24, 2.45) is 0 Å². The Labute approximate surface area is 254 Å². The molecule has 218 valence electrons.